The van der Waals surface area contributed by atoms with Crippen LogP contribution in [0.25, 0.3) is 11.3 Å². The van der Waals surface area contributed by atoms with Crippen molar-refractivity contribution >= 4 is 28.2 Å². The van der Waals surface area contributed by atoms with Crippen molar-refractivity contribution in [3.63, 3.8) is 0 Å². The van der Waals surface area contributed by atoms with Gasteiger partial charge in [0.15, 0.2) is 5.60 Å². The quantitative estimate of drug-likeness (QED) is 0.850. The van der Waals surface area contributed by atoms with E-state index >= 15 is 0 Å². The number of rotatable bonds is 4. The molecule has 0 spiro atoms. The van der Waals surface area contributed by atoms with Crippen LogP contribution in [0.1, 0.15) is 30.5 Å². The average molecular weight is 357 g/mol. The number of ketones is 1. The molecular formula is C19H17O5S-. The van der Waals surface area contributed by atoms with E-state index in [9.17, 15) is 18.7 Å². The topological polar surface area (TPSA) is 86.7 Å². The summed E-state index contributed by atoms with van der Waals surface area (Å²) < 4.78 is 27.5. The highest BCUT2D eigenvalue weighted by molar-refractivity contribution is 7.78. The van der Waals surface area contributed by atoms with E-state index in [-0.39, 0.29) is 17.3 Å². The number of carbonyl (C=O) groups excluding carboxylic acids is 1. The van der Waals surface area contributed by atoms with Crippen molar-refractivity contribution in [3.8, 4) is 5.75 Å². The summed E-state index contributed by atoms with van der Waals surface area (Å²) in [5.74, 6) is 0.370. The predicted molar refractivity (Wildman–Crippen MR) is 94.2 cm³/mol. The van der Waals surface area contributed by atoms with Crippen LogP contribution in [0.5, 0.6) is 5.75 Å². The van der Waals surface area contributed by atoms with Crippen LogP contribution in [0.4, 0.5) is 0 Å². The molecule has 0 fully saturated rings. The van der Waals surface area contributed by atoms with E-state index in [1.165, 1.54) is 12.1 Å². The van der Waals surface area contributed by atoms with E-state index in [0.717, 1.165) is 0 Å². The number of ether oxygens (including phenoxy) is 1. The first-order valence-electron chi connectivity index (χ1n) is 7.70. The Balaban J connectivity index is 2.07. The number of phenolic OH excluding ortho intramolecular Hbond substituents is 1. The van der Waals surface area contributed by atoms with E-state index in [1.54, 1.807) is 50.2 Å². The predicted octanol–water partition coefficient (Wildman–Crippen LogP) is 3.02. The molecule has 0 radical (unpaired) electrons. The lowest BCUT2D eigenvalue weighted by Crippen LogP contribution is -2.29. The van der Waals surface area contributed by atoms with E-state index in [0.29, 0.717) is 28.0 Å². The van der Waals surface area contributed by atoms with Gasteiger partial charge in [-0.15, -0.1) is 0 Å². The van der Waals surface area contributed by atoms with Gasteiger partial charge in [0.25, 0.3) is 0 Å². The lowest BCUT2D eigenvalue weighted by molar-refractivity contribution is -0.125. The van der Waals surface area contributed by atoms with Crippen molar-refractivity contribution in [1.29, 1.82) is 0 Å². The second-order valence-corrected chi connectivity index (χ2v) is 7.23. The number of aromatic hydroxyl groups is 1. The van der Waals surface area contributed by atoms with Gasteiger partial charge in [-0.3, -0.25) is 9.00 Å². The molecule has 130 valence electrons. The van der Waals surface area contributed by atoms with Crippen molar-refractivity contribution in [3.05, 3.63) is 65.2 Å². The van der Waals surface area contributed by atoms with Gasteiger partial charge in [-0.1, -0.05) is 47.5 Å². The van der Waals surface area contributed by atoms with Crippen molar-refractivity contribution in [2.45, 2.75) is 25.2 Å². The monoisotopic (exact) mass is 357 g/mol. The van der Waals surface area contributed by atoms with Gasteiger partial charge in [-0.05, 0) is 37.1 Å². The minimum atomic E-state index is -2.15. The van der Waals surface area contributed by atoms with Crippen LogP contribution in [-0.2, 0) is 26.4 Å². The molecule has 0 saturated carbocycles. The van der Waals surface area contributed by atoms with Crippen molar-refractivity contribution in [2.24, 2.45) is 0 Å². The summed E-state index contributed by atoms with van der Waals surface area (Å²) in [5.41, 5.74) is 1.48. The molecule has 2 aromatic carbocycles. The first-order valence-corrected chi connectivity index (χ1v) is 8.95. The van der Waals surface area contributed by atoms with Crippen molar-refractivity contribution in [1.82, 2.24) is 0 Å². The summed E-state index contributed by atoms with van der Waals surface area (Å²) in [4.78, 5) is 12.8. The third-order valence-corrected chi connectivity index (χ3v) is 4.58. The zero-order chi connectivity index (χ0) is 18.2. The number of carbonyl (C=O) groups is 1. The molecule has 1 atom stereocenters. The molecule has 0 saturated heterocycles. The van der Waals surface area contributed by atoms with Gasteiger partial charge in [0.2, 0.25) is 5.78 Å². The Morgan fingerprint density at radius 3 is 2.16 bits per heavy atom. The van der Waals surface area contributed by atoms with Crippen LogP contribution in [0.15, 0.2) is 48.5 Å². The molecule has 1 aliphatic heterocycles. The maximum absolute atomic E-state index is 12.8. The molecule has 5 nitrogen and oxygen atoms in total. The number of hydrogen-bond donors (Lipinski definition) is 1. The number of Topliss-reactive ketones (excluding diaryl/α,β-unsaturated/α-hetero) is 1. The lowest BCUT2D eigenvalue weighted by atomic mass is 9.92. The average Bonchev–Trinajstić information content (AvgIpc) is 2.79. The summed E-state index contributed by atoms with van der Waals surface area (Å²) >= 11 is -2.15. The van der Waals surface area contributed by atoms with Crippen LogP contribution in [-0.4, -0.2) is 25.3 Å². The van der Waals surface area contributed by atoms with Gasteiger partial charge in [0.05, 0.1) is 5.57 Å². The molecule has 1 N–H and O–H groups in total. The largest absolute Gasteiger partial charge is 0.772 e. The summed E-state index contributed by atoms with van der Waals surface area (Å²) in [6.07, 6.45) is 0. The minimum absolute atomic E-state index is 0.0601. The summed E-state index contributed by atoms with van der Waals surface area (Å²) in [7, 11) is 0. The van der Waals surface area contributed by atoms with Crippen LogP contribution in [0, 0.1) is 0 Å². The van der Waals surface area contributed by atoms with Gasteiger partial charge in [0.1, 0.15) is 11.5 Å². The number of hydrogen-bond acceptors (Lipinski definition) is 5. The standard InChI is InChI=1S/C19H18O5S/c1-19(2)18(21)16(13-7-9-15(20)10-8-13)17(24-19)14-5-3-12(4-6-14)11-25(22)23/h3-10,20H,11H2,1-2H3,(H,22,23)/p-1. The highest BCUT2D eigenvalue weighted by atomic mass is 32.2. The molecule has 6 heteroatoms. The fourth-order valence-corrected chi connectivity index (χ4v) is 3.20. The zero-order valence-electron chi connectivity index (χ0n) is 13.8. The molecular weight excluding hydrogens is 340 g/mol. The van der Waals surface area contributed by atoms with Crippen LogP contribution >= 0.6 is 0 Å². The van der Waals surface area contributed by atoms with Crippen molar-refractivity contribution < 1.29 is 23.4 Å². The van der Waals surface area contributed by atoms with Crippen LogP contribution < -0.4 is 0 Å². The number of phenols is 1. The number of benzene rings is 2. The normalized spacial score (nSPS) is 17.5. The zero-order valence-corrected chi connectivity index (χ0v) is 14.6. The Bertz CT molecular complexity index is 864. The Labute approximate surface area is 148 Å². The molecule has 1 aliphatic rings. The summed E-state index contributed by atoms with van der Waals surface area (Å²) in [6, 6.07) is 13.3. The van der Waals surface area contributed by atoms with E-state index < -0.39 is 16.7 Å². The van der Waals surface area contributed by atoms with E-state index in [1.807, 2.05) is 0 Å². The molecule has 0 aliphatic carbocycles. The fourth-order valence-electron chi connectivity index (χ4n) is 2.74. The second-order valence-electron chi connectivity index (χ2n) is 6.34. The highest BCUT2D eigenvalue weighted by Gasteiger charge is 2.42. The first kappa shape index (κ1) is 17.4. The lowest BCUT2D eigenvalue weighted by Gasteiger charge is -2.18. The molecule has 0 amide bonds. The molecule has 1 heterocycles. The fraction of sp³-hybridized carbons (Fsp3) is 0.211. The Hall–Kier alpha value is -2.44. The molecule has 1 unspecified atom stereocenters. The third kappa shape index (κ3) is 3.50. The molecule has 25 heavy (non-hydrogen) atoms. The van der Waals surface area contributed by atoms with Gasteiger partial charge in [0, 0.05) is 11.3 Å². The Kier molecular flexibility index (Phi) is 4.49. The smallest absolute Gasteiger partial charge is 0.210 e. The SMILES string of the molecule is CC1(C)OC(c2ccc(CS(=O)[O-])cc2)=C(c2ccc(O)cc2)C1=O. The van der Waals surface area contributed by atoms with Crippen molar-refractivity contribution in [2.75, 3.05) is 0 Å². The third-order valence-electron chi connectivity index (χ3n) is 4.01. The maximum atomic E-state index is 12.8. The van der Waals surface area contributed by atoms with Gasteiger partial charge in [-0.2, -0.15) is 0 Å². The minimum Gasteiger partial charge on any atom is -0.772 e. The van der Waals surface area contributed by atoms with Gasteiger partial charge >= 0.3 is 0 Å². The Morgan fingerprint density at radius 1 is 1.04 bits per heavy atom. The maximum Gasteiger partial charge on any atom is 0.210 e. The summed E-state index contributed by atoms with van der Waals surface area (Å²) in [6.45, 7) is 3.41. The molecule has 0 aromatic heterocycles. The first-order chi connectivity index (χ1) is 11.8. The van der Waals surface area contributed by atoms with E-state index in [2.05, 4.69) is 0 Å². The van der Waals surface area contributed by atoms with Crippen LogP contribution in [0.2, 0.25) is 0 Å². The van der Waals surface area contributed by atoms with Gasteiger partial charge < -0.3 is 14.4 Å². The van der Waals surface area contributed by atoms with E-state index in [4.69, 9.17) is 4.74 Å². The Morgan fingerprint density at radius 2 is 1.60 bits per heavy atom. The van der Waals surface area contributed by atoms with Gasteiger partial charge in [-0.25, -0.2) is 0 Å². The second kappa shape index (κ2) is 6.46. The molecule has 3 rings (SSSR count). The summed E-state index contributed by atoms with van der Waals surface area (Å²) in [5, 5.41) is 9.47. The molecule has 0 bridgehead atoms. The van der Waals surface area contributed by atoms with Crippen LogP contribution in [0.3, 0.4) is 0 Å². The highest BCUT2D eigenvalue weighted by Crippen LogP contribution is 2.41. The molecule has 2 aromatic rings.